The summed E-state index contributed by atoms with van der Waals surface area (Å²) in [7, 11) is 1.26. The Bertz CT molecular complexity index is 1020. The molecule has 1 atom stereocenters. The van der Waals surface area contributed by atoms with Crippen molar-refractivity contribution in [3.05, 3.63) is 65.2 Å². The number of nitrogens with zero attached hydrogens (tertiary/aromatic N) is 2. The van der Waals surface area contributed by atoms with E-state index in [4.69, 9.17) is 4.74 Å². The second kappa shape index (κ2) is 7.30. The van der Waals surface area contributed by atoms with Crippen molar-refractivity contribution < 1.29 is 18.7 Å². The van der Waals surface area contributed by atoms with Crippen molar-refractivity contribution >= 4 is 23.0 Å². The summed E-state index contributed by atoms with van der Waals surface area (Å²) in [6.45, 7) is 0.470. The van der Waals surface area contributed by atoms with E-state index in [2.05, 4.69) is 15.3 Å². The maximum Gasteiger partial charge on any atom is 0.410 e. The van der Waals surface area contributed by atoms with Crippen molar-refractivity contribution in [3.8, 4) is 0 Å². The maximum atomic E-state index is 13.8. The summed E-state index contributed by atoms with van der Waals surface area (Å²) >= 11 is 0. The number of hydrogen-bond donors (Lipinski definition) is 2. The van der Waals surface area contributed by atoms with Crippen LogP contribution in [0.4, 0.5) is 9.18 Å². The predicted molar refractivity (Wildman–Crippen MR) is 99.9 cm³/mol. The molecular weight excluding hydrogens is 363 g/mol. The van der Waals surface area contributed by atoms with Crippen LogP contribution < -0.4 is 5.32 Å². The van der Waals surface area contributed by atoms with E-state index in [1.807, 2.05) is 24.3 Å². The van der Waals surface area contributed by atoms with Crippen LogP contribution in [0.2, 0.25) is 0 Å². The van der Waals surface area contributed by atoms with Gasteiger partial charge in [-0.05, 0) is 41.8 Å². The number of halogens is 1. The minimum absolute atomic E-state index is 0.156. The summed E-state index contributed by atoms with van der Waals surface area (Å²) in [6.07, 6.45) is -0.100. The van der Waals surface area contributed by atoms with Gasteiger partial charge in [0.1, 0.15) is 17.7 Å². The predicted octanol–water partition coefficient (Wildman–Crippen LogP) is 2.68. The lowest BCUT2D eigenvalue weighted by Gasteiger charge is -2.35. The number of methoxy groups -OCH3 is 1. The molecule has 2 aromatic carbocycles. The molecule has 0 spiro atoms. The van der Waals surface area contributed by atoms with Crippen molar-refractivity contribution in [2.45, 2.75) is 19.0 Å². The van der Waals surface area contributed by atoms with Gasteiger partial charge in [-0.2, -0.15) is 0 Å². The number of hydrogen-bond acceptors (Lipinski definition) is 4. The van der Waals surface area contributed by atoms with Crippen LogP contribution in [0.1, 0.15) is 23.0 Å². The van der Waals surface area contributed by atoms with Gasteiger partial charge in [0.25, 0.3) is 0 Å². The molecule has 1 unspecified atom stereocenters. The molecule has 1 aliphatic heterocycles. The van der Waals surface area contributed by atoms with Gasteiger partial charge in [-0.1, -0.05) is 18.2 Å². The molecule has 0 saturated heterocycles. The minimum atomic E-state index is -0.962. The fourth-order valence-corrected chi connectivity index (χ4v) is 3.54. The van der Waals surface area contributed by atoms with Crippen molar-refractivity contribution in [2.24, 2.45) is 0 Å². The van der Waals surface area contributed by atoms with Gasteiger partial charge in [-0.25, -0.2) is 14.2 Å². The molecule has 2 amide bonds. The van der Waals surface area contributed by atoms with E-state index < -0.39 is 23.9 Å². The lowest BCUT2D eigenvalue weighted by molar-refractivity contribution is -0.126. The Balaban J connectivity index is 1.59. The maximum absolute atomic E-state index is 13.8. The lowest BCUT2D eigenvalue weighted by atomic mass is 9.92. The third-order valence-corrected chi connectivity index (χ3v) is 4.86. The monoisotopic (exact) mass is 382 g/mol. The van der Waals surface area contributed by atoms with E-state index in [1.165, 1.54) is 24.1 Å². The zero-order valence-electron chi connectivity index (χ0n) is 15.2. The molecule has 28 heavy (non-hydrogen) atoms. The van der Waals surface area contributed by atoms with E-state index in [1.54, 1.807) is 6.07 Å². The van der Waals surface area contributed by atoms with E-state index in [9.17, 15) is 14.0 Å². The third kappa shape index (κ3) is 3.28. The molecule has 2 N–H and O–H groups in total. The van der Waals surface area contributed by atoms with Gasteiger partial charge in [0.15, 0.2) is 0 Å². The number of carbonyl (C=O) groups excluding carboxylic acids is 2. The average molecular weight is 382 g/mol. The summed E-state index contributed by atoms with van der Waals surface area (Å²) in [6, 6.07) is 10.9. The molecule has 0 radical (unpaired) electrons. The van der Waals surface area contributed by atoms with Crippen LogP contribution >= 0.6 is 0 Å². The normalized spacial score (nSPS) is 15.9. The number of aromatic amines is 1. The Morgan fingerprint density at radius 3 is 2.93 bits per heavy atom. The molecule has 0 bridgehead atoms. The first kappa shape index (κ1) is 18.0. The van der Waals surface area contributed by atoms with Crippen LogP contribution in [0, 0.1) is 5.82 Å². The number of benzene rings is 2. The van der Waals surface area contributed by atoms with Crippen LogP contribution in [0.15, 0.2) is 42.5 Å². The largest absolute Gasteiger partial charge is 0.453 e. The number of nitrogens with one attached hydrogen (secondary N) is 2. The number of rotatable bonds is 3. The first-order chi connectivity index (χ1) is 13.6. The third-order valence-electron chi connectivity index (χ3n) is 4.86. The fourth-order valence-electron chi connectivity index (χ4n) is 3.54. The van der Waals surface area contributed by atoms with Crippen molar-refractivity contribution in [3.63, 3.8) is 0 Å². The number of imidazole rings is 1. The number of amides is 2. The van der Waals surface area contributed by atoms with Gasteiger partial charge >= 0.3 is 6.09 Å². The average Bonchev–Trinajstić information content (AvgIpc) is 3.13. The van der Waals surface area contributed by atoms with Gasteiger partial charge in [-0.15, -0.1) is 0 Å². The first-order valence-electron chi connectivity index (χ1n) is 8.91. The van der Waals surface area contributed by atoms with E-state index >= 15 is 0 Å². The fraction of sp³-hybridized carbons (Fsp3) is 0.250. The number of aromatic nitrogens is 2. The van der Waals surface area contributed by atoms with Crippen LogP contribution in [-0.2, 0) is 22.5 Å². The number of fused-ring (bicyclic) bond motifs is 2. The van der Waals surface area contributed by atoms with Gasteiger partial charge < -0.3 is 15.0 Å². The Kier molecular flexibility index (Phi) is 4.68. The van der Waals surface area contributed by atoms with Gasteiger partial charge in [0.05, 0.1) is 24.7 Å². The molecule has 4 rings (SSSR count). The van der Waals surface area contributed by atoms with E-state index in [-0.39, 0.29) is 6.54 Å². The Morgan fingerprint density at radius 2 is 2.14 bits per heavy atom. The number of para-hydroxylation sites is 2. The topological polar surface area (TPSA) is 87.3 Å². The van der Waals surface area contributed by atoms with Gasteiger partial charge in [0.2, 0.25) is 5.91 Å². The second-order valence-corrected chi connectivity index (χ2v) is 6.58. The van der Waals surface area contributed by atoms with E-state index in [0.29, 0.717) is 24.4 Å². The minimum Gasteiger partial charge on any atom is -0.453 e. The van der Waals surface area contributed by atoms with Crippen molar-refractivity contribution in [1.82, 2.24) is 20.2 Å². The highest BCUT2D eigenvalue weighted by molar-refractivity contribution is 5.87. The number of H-pyrrole nitrogens is 1. The van der Waals surface area contributed by atoms with Gasteiger partial charge in [0, 0.05) is 6.54 Å². The molecule has 3 aromatic rings. The molecule has 2 heterocycles. The summed E-state index contributed by atoms with van der Waals surface area (Å²) < 4.78 is 18.6. The smallest absolute Gasteiger partial charge is 0.410 e. The summed E-state index contributed by atoms with van der Waals surface area (Å²) in [5.41, 5.74) is 2.98. The molecule has 7 nitrogen and oxygen atoms in total. The lowest BCUT2D eigenvalue weighted by Crippen LogP contribution is -2.47. The Morgan fingerprint density at radius 1 is 1.32 bits per heavy atom. The zero-order valence-corrected chi connectivity index (χ0v) is 15.2. The Labute approximate surface area is 160 Å². The first-order valence-corrected chi connectivity index (χ1v) is 8.91. The summed E-state index contributed by atoms with van der Waals surface area (Å²) in [5, 5.41) is 2.79. The molecule has 144 valence electrons. The molecule has 0 fully saturated rings. The highest BCUT2D eigenvalue weighted by Gasteiger charge is 2.36. The molecule has 0 aliphatic carbocycles. The SMILES string of the molecule is COC(=O)N1CCc2ccc(F)cc2C1C(=O)NCc1nc2ccccc2[nH]1. The highest BCUT2D eigenvalue weighted by atomic mass is 19.1. The van der Waals surface area contributed by atoms with E-state index in [0.717, 1.165) is 16.6 Å². The van der Waals surface area contributed by atoms with Crippen molar-refractivity contribution in [1.29, 1.82) is 0 Å². The van der Waals surface area contributed by atoms with Crippen LogP contribution in [0.3, 0.4) is 0 Å². The standard InChI is InChI=1S/C20H19FN4O3/c1-28-20(27)25-9-8-12-6-7-13(21)10-14(12)18(25)19(26)22-11-17-23-15-4-2-3-5-16(15)24-17/h2-7,10,18H,8-9,11H2,1H3,(H,22,26)(H,23,24). The second-order valence-electron chi connectivity index (χ2n) is 6.58. The number of carbonyl (C=O) groups is 2. The Hall–Kier alpha value is -3.42. The summed E-state index contributed by atoms with van der Waals surface area (Å²) in [5.74, 6) is -0.285. The molecule has 1 aliphatic rings. The van der Waals surface area contributed by atoms with Crippen LogP contribution in [0.5, 0.6) is 0 Å². The molecule has 8 heteroatoms. The molecule has 1 aromatic heterocycles. The van der Waals surface area contributed by atoms with Crippen LogP contribution in [0.25, 0.3) is 11.0 Å². The van der Waals surface area contributed by atoms with Crippen LogP contribution in [-0.4, -0.2) is 40.5 Å². The number of ether oxygens (including phenoxy) is 1. The molecular formula is C20H19FN4O3. The van der Waals surface area contributed by atoms with Gasteiger partial charge in [-0.3, -0.25) is 9.69 Å². The highest BCUT2D eigenvalue weighted by Crippen LogP contribution is 2.31. The quantitative estimate of drug-likeness (QED) is 0.729. The zero-order chi connectivity index (χ0) is 19.7. The summed E-state index contributed by atoms with van der Waals surface area (Å²) in [4.78, 5) is 34.0. The van der Waals surface area contributed by atoms with Crippen molar-refractivity contribution in [2.75, 3.05) is 13.7 Å². The molecule has 0 saturated carbocycles.